The van der Waals surface area contributed by atoms with E-state index in [1.807, 2.05) is 31.1 Å². The molecule has 8 nitrogen and oxygen atoms in total. The zero-order valence-corrected chi connectivity index (χ0v) is 15.9. The molecule has 1 aliphatic rings. The first-order chi connectivity index (χ1) is 13.4. The molecule has 1 amide bonds. The van der Waals surface area contributed by atoms with Gasteiger partial charge < -0.3 is 14.8 Å². The molecule has 0 unspecified atom stereocenters. The van der Waals surface area contributed by atoms with Crippen LogP contribution >= 0.6 is 0 Å². The summed E-state index contributed by atoms with van der Waals surface area (Å²) in [5.41, 5.74) is 3.25. The summed E-state index contributed by atoms with van der Waals surface area (Å²) < 4.78 is 0. The van der Waals surface area contributed by atoms with E-state index in [-0.39, 0.29) is 18.0 Å². The number of benzene rings is 1. The molecule has 0 spiro atoms. The van der Waals surface area contributed by atoms with Gasteiger partial charge in [0.2, 0.25) is 0 Å². The van der Waals surface area contributed by atoms with Gasteiger partial charge in [-0.1, -0.05) is 12.1 Å². The number of aromatic amines is 1. The van der Waals surface area contributed by atoms with Crippen molar-refractivity contribution in [3.63, 3.8) is 0 Å². The van der Waals surface area contributed by atoms with Crippen molar-refractivity contribution < 1.29 is 4.79 Å². The van der Waals surface area contributed by atoms with Crippen LogP contribution < -0.4 is 10.5 Å². The predicted molar refractivity (Wildman–Crippen MR) is 105 cm³/mol. The fraction of sp³-hybridized carbons (Fsp3) is 0.250. The summed E-state index contributed by atoms with van der Waals surface area (Å²) in [6, 6.07) is 7.28. The van der Waals surface area contributed by atoms with Crippen LogP contribution in [0, 0.1) is 6.92 Å². The molecule has 2 aromatic heterocycles. The Labute approximate surface area is 161 Å². The minimum Gasteiger partial charge on any atom is -0.361 e. The van der Waals surface area contributed by atoms with E-state index in [4.69, 9.17) is 0 Å². The summed E-state index contributed by atoms with van der Waals surface area (Å²) in [7, 11) is 3.82. The average molecular weight is 376 g/mol. The van der Waals surface area contributed by atoms with E-state index in [0.717, 1.165) is 17.1 Å². The van der Waals surface area contributed by atoms with E-state index < -0.39 is 0 Å². The Morgan fingerprint density at radius 2 is 1.82 bits per heavy atom. The van der Waals surface area contributed by atoms with Crippen LogP contribution in [0.3, 0.4) is 0 Å². The number of carbonyl (C=O) groups is 1. The second kappa shape index (κ2) is 6.88. The zero-order chi connectivity index (χ0) is 19.8. The van der Waals surface area contributed by atoms with Gasteiger partial charge in [0.25, 0.3) is 11.5 Å². The second-order valence-electron chi connectivity index (χ2n) is 6.94. The Bertz CT molecular complexity index is 1100. The van der Waals surface area contributed by atoms with Crippen molar-refractivity contribution in [2.24, 2.45) is 0 Å². The number of amides is 1. The van der Waals surface area contributed by atoms with Gasteiger partial charge in [-0.2, -0.15) is 0 Å². The molecule has 28 heavy (non-hydrogen) atoms. The lowest BCUT2D eigenvalue weighted by molar-refractivity contribution is 0.0750. The fourth-order valence-electron chi connectivity index (χ4n) is 3.35. The first-order valence-corrected chi connectivity index (χ1v) is 8.90. The van der Waals surface area contributed by atoms with Crippen molar-refractivity contribution in [2.45, 2.75) is 20.0 Å². The minimum absolute atomic E-state index is 0.131. The summed E-state index contributed by atoms with van der Waals surface area (Å²) in [6.45, 7) is 2.35. The highest BCUT2D eigenvalue weighted by atomic mass is 16.2. The predicted octanol–water partition coefficient (Wildman–Crippen LogP) is 1.76. The number of rotatable bonds is 3. The summed E-state index contributed by atoms with van der Waals surface area (Å²) in [5.74, 6) is 1.19. The van der Waals surface area contributed by atoms with E-state index >= 15 is 0 Å². The van der Waals surface area contributed by atoms with Crippen LogP contribution in [-0.4, -0.2) is 44.8 Å². The smallest absolute Gasteiger partial charge is 0.256 e. The molecule has 1 aliphatic heterocycles. The van der Waals surface area contributed by atoms with Crippen LogP contribution in [0.4, 0.5) is 5.82 Å². The highest BCUT2D eigenvalue weighted by molar-refractivity contribution is 5.95. The van der Waals surface area contributed by atoms with Gasteiger partial charge in [-0.3, -0.25) is 14.6 Å². The maximum atomic E-state index is 12.9. The third kappa shape index (κ3) is 3.13. The van der Waals surface area contributed by atoms with Gasteiger partial charge >= 0.3 is 0 Å². The Hall–Kier alpha value is -3.55. The van der Waals surface area contributed by atoms with Gasteiger partial charge in [-0.15, -0.1) is 0 Å². The lowest BCUT2D eigenvalue weighted by atomic mass is 10.1. The molecule has 3 heterocycles. The molecule has 0 radical (unpaired) electrons. The molecule has 142 valence electrons. The maximum Gasteiger partial charge on any atom is 0.256 e. The van der Waals surface area contributed by atoms with Crippen LogP contribution in [0.15, 0.2) is 41.5 Å². The largest absolute Gasteiger partial charge is 0.361 e. The number of nitrogens with zero attached hydrogens (tertiary/aromatic N) is 5. The Balaban J connectivity index is 1.58. The van der Waals surface area contributed by atoms with Gasteiger partial charge in [-0.25, -0.2) is 9.97 Å². The molecule has 1 N–H and O–H groups in total. The first kappa shape index (κ1) is 17.8. The third-order valence-corrected chi connectivity index (χ3v) is 4.70. The minimum atomic E-state index is -0.174. The highest BCUT2D eigenvalue weighted by Gasteiger charge is 2.28. The molecule has 0 saturated carbocycles. The van der Waals surface area contributed by atoms with Gasteiger partial charge in [-0.05, 0) is 19.1 Å². The molecule has 0 saturated heterocycles. The lowest BCUT2D eigenvalue weighted by Crippen LogP contribution is -2.26. The lowest BCUT2D eigenvalue weighted by Gasteiger charge is -2.16. The van der Waals surface area contributed by atoms with Crippen LogP contribution in [-0.2, 0) is 13.1 Å². The van der Waals surface area contributed by atoms with Crippen molar-refractivity contribution in [3.05, 3.63) is 69.7 Å². The molecular formula is C20H20N6O2. The zero-order valence-electron chi connectivity index (χ0n) is 15.9. The van der Waals surface area contributed by atoms with Gasteiger partial charge in [0.15, 0.2) is 5.82 Å². The van der Waals surface area contributed by atoms with Crippen molar-refractivity contribution in [2.75, 3.05) is 19.0 Å². The standard InChI is InChI=1S/C20H20N6O2/c1-12-23-16-11-26(10-15(16)19(27)24-12)20(28)14-6-4-13(5-7-14)17-18(25(2)3)22-9-8-21-17/h4-9H,10-11H2,1-3H3,(H,23,24,27). The van der Waals surface area contributed by atoms with E-state index in [1.165, 1.54) is 0 Å². The van der Waals surface area contributed by atoms with Crippen molar-refractivity contribution in [1.82, 2.24) is 24.8 Å². The third-order valence-electron chi connectivity index (χ3n) is 4.70. The average Bonchev–Trinajstić information content (AvgIpc) is 3.12. The molecule has 8 heteroatoms. The quantitative estimate of drug-likeness (QED) is 0.748. The Morgan fingerprint density at radius 1 is 1.11 bits per heavy atom. The summed E-state index contributed by atoms with van der Waals surface area (Å²) in [5, 5.41) is 0. The summed E-state index contributed by atoms with van der Waals surface area (Å²) >= 11 is 0. The number of aryl methyl sites for hydroxylation is 1. The van der Waals surface area contributed by atoms with Crippen molar-refractivity contribution >= 4 is 11.7 Å². The van der Waals surface area contributed by atoms with E-state index in [2.05, 4.69) is 19.9 Å². The molecule has 0 fully saturated rings. The van der Waals surface area contributed by atoms with Crippen molar-refractivity contribution in [1.29, 1.82) is 0 Å². The van der Waals surface area contributed by atoms with Gasteiger partial charge in [0, 0.05) is 37.6 Å². The number of fused-ring (bicyclic) bond motifs is 1. The SMILES string of the molecule is Cc1nc2c(c(=O)[nH]1)CN(C(=O)c1ccc(-c3nccnc3N(C)C)cc1)C2. The number of aromatic nitrogens is 4. The number of anilines is 1. The monoisotopic (exact) mass is 376 g/mol. The van der Waals surface area contributed by atoms with Crippen LogP contribution in [0.5, 0.6) is 0 Å². The topological polar surface area (TPSA) is 95.1 Å². The molecule has 3 aromatic rings. The first-order valence-electron chi connectivity index (χ1n) is 8.90. The summed E-state index contributed by atoms with van der Waals surface area (Å²) in [4.78, 5) is 44.3. The Kier molecular flexibility index (Phi) is 4.38. The van der Waals surface area contributed by atoms with E-state index in [9.17, 15) is 9.59 Å². The second-order valence-corrected chi connectivity index (χ2v) is 6.94. The van der Waals surface area contributed by atoms with Crippen LogP contribution in [0.2, 0.25) is 0 Å². The van der Waals surface area contributed by atoms with Crippen LogP contribution in [0.25, 0.3) is 11.3 Å². The number of hydrogen-bond donors (Lipinski definition) is 1. The Morgan fingerprint density at radius 3 is 2.54 bits per heavy atom. The van der Waals surface area contributed by atoms with Gasteiger partial charge in [0.1, 0.15) is 11.5 Å². The molecule has 0 atom stereocenters. The summed E-state index contributed by atoms with van der Waals surface area (Å²) in [6.07, 6.45) is 3.30. The van der Waals surface area contributed by atoms with Crippen molar-refractivity contribution in [3.8, 4) is 11.3 Å². The normalized spacial score (nSPS) is 12.8. The number of H-pyrrole nitrogens is 1. The van der Waals surface area contributed by atoms with E-state index in [0.29, 0.717) is 29.2 Å². The number of hydrogen-bond acceptors (Lipinski definition) is 6. The maximum absolute atomic E-state index is 12.9. The van der Waals surface area contributed by atoms with E-state index in [1.54, 1.807) is 36.4 Å². The number of nitrogens with one attached hydrogen (secondary N) is 1. The molecule has 0 aliphatic carbocycles. The molecule has 1 aromatic carbocycles. The van der Waals surface area contributed by atoms with Crippen LogP contribution in [0.1, 0.15) is 27.4 Å². The number of carbonyl (C=O) groups excluding carboxylic acids is 1. The molecular weight excluding hydrogens is 356 g/mol. The molecule has 4 rings (SSSR count). The van der Waals surface area contributed by atoms with Gasteiger partial charge in [0.05, 0.1) is 24.3 Å². The molecule has 0 bridgehead atoms. The fourth-order valence-corrected chi connectivity index (χ4v) is 3.35. The highest BCUT2D eigenvalue weighted by Crippen LogP contribution is 2.26.